The molecule has 0 spiro atoms. The third-order valence-corrected chi connectivity index (χ3v) is 1.61. The number of aryl methyl sites for hydroxylation is 1. The van der Waals surface area contributed by atoms with E-state index in [9.17, 15) is 22.0 Å². The number of halogens is 5. The Bertz CT molecular complexity index is 331. The highest BCUT2D eigenvalue weighted by molar-refractivity contribution is 5.29. The van der Waals surface area contributed by atoms with E-state index < -0.39 is 23.7 Å². The SMILES string of the molecule is Cc1cc(C(F)F)c(C(F)(F)F)cn1. The smallest absolute Gasteiger partial charge is 0.261 e. The Kier molecular flexibility index (Phi) is 2.73. The molecular formula is C8H6F5N. The summed E-state index contributed by atoms with van der Waals surface area (Å²) in [6, 6.07) is 0.744. The van der Waals surface area contributed by atoms with Crippen LogP contribution in [0.5, 0.6) is 0 Å². The van der Waals surface area contributed by atoms with Gasteiger partial charge in [-0.25, -0.2) is 8.78 Å². The van der Waals surface area contributed by atoms with Crippen molar-refractivity contribution in [1.29, 1.82) is 0 Å². The molecule has 1 aromatic rings. The van der Waals surface area contributed by atoms with Gasteiger partial charge in [-0.2, -0.15) is 13.2 Å². The van der Waals surface area contributed by atoms with E-state index in [0.717, 1.165) is 6.07 Å². The lowest BCUT2D eigenvalue weighted by atomic mass is 10.1. The maximum absolute atomic E-state index is 12.2. The Hall–Kier alpha value is -1.20. The van der Waals surface area contributed by atoms with Gasteiger partial charge < -0.3 is 0 Å². The van der Waals surface area contributed by atoms with Crippen molar-refractivity contribution in [2.45, 2.75) is 19.5 Å². The molecule has 0 N–H and O–H groups in total. The minimum absolute atomic E-state index is 0.133. The number of nitrogens with zero attached hydrogens (tertiary/aromatic N) is 1. The fourth-order valence-corrected chi connectivity index (χ4v) is 0.998. The van der Waals surface area contributed by atoms with Crippen LogP contribution in [0.15, 0.2) is 12.3 Å². The van der Waals surface area contributed by atoms with E-state index in [1.807, 2.05) is 0 Å². The van der Waals surface area contributed by atoms with Crippen LogP contribution in [-0.2, 0) is 6.18 Å². The largest absolute Gasteiger partial charge is 0.418 e. The normalized spacial score (nSPS) is 12.2. The maximum atomic E-state index is 12.2. The fourth-order valence-electron chi connectivity index (χ4n) is 0.998. The minimum Gasteiger partial charge on any atom is -0.261 e. The van der Waals surface area contributed by atoms with Gasteiger partial charge in [0.1, 0.15) is 0 Å². The zero-order chi connectivity index (χ0) is 10.9. The molecule has 6 heteroatoms. The molecule has 0 aromatic carbocycles. The van der Waals surface area contributed by atoms with Crippen LogP contribution in [0.2, 0.25) is 0 Å². The van der Waals surface area contributed by atoms with Crippen molar-refractivity contribution in [2.24, 2.45) is 0 Å². The second-order valence-electron chi connectivity index (χ2n) is 2.71. The standard InChI is InChI=1S/C8H6F5N/c1-4-2-5(7(9)10)6(3-14-4)8(11,12)13/h2-3,7H,1H3. The van der Waals surface area contributed by atoms with Crippen LogP contribution in [0.4, 0.5) is 22.0 Å². The van der Waals surface area contributed by atoms with Gasteiger partial charge in [-0.15, -0.1) is 0 Å². The van der Waals surface area contributed by atoms with Crippen LogP contribution in [-0.4, -0.2) is 4.98 Å². The van der Waals surface area contributed by atoms with Crippen molar-refractivity contribution in [3.63, 3.8) is 0 Å². The summed E-state index contributed by atoms with van der Waals surface area (Å²) in [7, 11) is 0. The molecule has 0 saturated carbocycles. The second-order valence-corrected chi connectivity index (χ2v) is 2.71. The van der Waals surface area contributed by atoms with Gasteiger partial charge in [-0.1, -0.05) is 0 Å². The van der Waals surface area contributed by atoms with E-state index in [0.29, 0.717) is 6.20 Å². The molecule has 0 bridgehead atoms. The summed E-state index contributed by atoms with van der Waals surface area (Å²) in [4.78, 5) is 3.34. The van der Waals surface area contributed by atoms with Crippen molar-refractivity contribution < 1.29 is 22.0 Å². The first-order valence-corrected chi connectivity index (χ1v) is 3.64. The Morgan fingerprint density at radius 3 is 2.29 bits per heavy atom. The zero-order valence-corrected chi connectivity index (χ0v) is 7.07. The third kappa shape index (κ3) is 2.18. The molecule has 0 saturated heterocycles. The Balaban J connectivity index is 3.29. The molecule has 1 heterocycles. The van der Waals surface area contributed by atoms with Crippen molar-refractivity contribution in [3.8, 4) is 0 Å². The summed E-state index contributed by atoms with van der Waals surface area (Å²) in [5, 5.41) is 0. The Labute approximate surface area is 76.6 Å². The number of hydrogen-bond donors (Lipinski definition) is 0. The van der Waals surface area contributed by atoms with E-state index >= 15 is 0 Å². The second kappa shape index (κ2) is 3.51. The topological polar surface area (TPSA) is 12.9 Å². The average molecular weight is 211 g/mol. The third-order valence-electron chi connectivity index (χ3n) is 1.61. The van der Waals surface area contributed by atoms with Crippen molar-refractivity contribution in [1.82, 2.24) is 4.98 Å². The number of alkyl halides is 5. The number of pyridine rings is 1. The Morgan fingerprint density at radius 1 is 1.29 bits per heavy atom. The number of rotatable bonds is 1. The molecular weight excluding hydrogens is 205 g/mol. The monoisotopic (exact) mass is 211 g/mol. The molecule has 0 atom stereocenters. The summed E-state index contributed by atoms with van der Waals surface area (Å²) in [5.74, 6) is 0. The van der Waals surface area contributed by atoms with Crippen LogP contribution in [0, 0.1) is 6.92 Å². The van der Waals surface area contributed by atoms with E-state index in [-0.39, 0.29) is 5.69 Å². The van der Waals surface area contributed by atoms with Gasteiger partial charge in [0.25, 0.3) is 6.43 Å². The predicted octanol–water partition coefficient (Wildman–Crippen LogP) is 3.35. The zero-order valence-electron chi connectivity index (χ0n) is 7.07. The fraction of sp³-hybridized carbons (Fsp3) is 0.375. The molecule has 0 aliphatic carbocycles. The lowest BCUT2D eigenvalue weighted by Crippen LogP contribution is -2.10. The highest BCUT2D eigenvalue weighted by Gasteiger charge is 2.36. The van der Waals surface area contributed by atoms with Crippen LogP contribution in [0.3, 0.4) is 0 Å². The first kappa shape index (κ1) is 10.9. The van der Waals surface area contributed by atoms with Crippen molar-refractivity contribution in [2.75, 3.05) is 0 Å². The highest BCUT2D eigenvalue weighted by atomic mass is 19.4. The minimum atomic E-state index is -4.79. The predicted molar refractivity (Wildman–Crippen MR) is 38.9 cm³/mol. The molecule has 1 rings (SSSR count). The van der Waals surface area contributed by atoms with Gasteiger partial charge in [-0.05, 0) is 13.0 Å². The molecule has 14 heavy (non-hydrogen) atoms. The Morgan fingerprint density at radius 2 is 1.86 bits per heavy atom. The van der Waals surface area contributed by atoms with Crippen molar-refractivity contribution >= 4 is 0 Å². The van der Waals surface area contributed by atoms with Gasteiger partial charge >= 0.3 is 6.18 Å². The van der Waals surface area contributed by atoms with E-state index in [2.05, 4.69) is 4.98 Å². The maximum Gasteiger partial charge on any atom is 0.418 e. The van der Waals surface area contributed by atoms with Crippen LogP contribution >= 0.6 is 0 Å². The van der Waals surface area contributed by atoms with Gasteiger partial charge in [0.05, 0.1) is 5.56 Å². The van der Waals surface area contributed by atoms with Crippen molar-refractivity contribution in [3.05, 3.63) is 29.1 Å². The van der Waals surface area contributed by atoms with Crippen LogP contribution in [0.1, 0.15) is 23.2 Å². The molecule has 0 fully saturated rings. The average Bonchev–Trinajstić information content (AvgIpc) is 2.01. The quantitative estimate of drug-likeness (QED) is 0.649. The van der Waals surface area contributed by atoms with Gasteiger partial charge in [0.15, 0.2) is 0 Å². The molecule has 0 aliphatic rings. The van der Waals surface area contributed by atoms with Gasteiger partial charge in [0, 0.05) is 17.5 Å². The van der Waals surface area contributed by atoms with Crippen LogP contribution in [0.25, 0.3) is 0 Å². The summed E-state index contributed by atoms with van der Waals surface area (Å²) >= 11 is 0. The molecule has 0 aliphatic heterocycles. The molecule has 0 amide bonds. The summed E-state index contributed by atoms with van der Waals surface area (Å²) in [5.41, 5.74) is -2.27. The van der Waals surface area contributed by atoms with E-state index in [4.69, 9.17) is 0 Å². The highest BCUT2D eigenvalue weighted by Crippen LogP contribution is 2.35. The number of hydrogen-bond acceptors (Lipinski definition) is 1. The van der Waals surface area contributed by atoms with Crippen LogP contribution < -0.4 is 0 Å². The molecule has 0 unspecified atom stereocenters. The lowest BCUT2D eigenvalue weighted by molar-refractivity contribution is -0.139. The molecule has 78 valence electrons. The summed E-state index contributed by atoms with van der Waals surface area (Å²) in [6.07, 6.45) is -7.50. The first-order chi connectivity index (χ1) is 6.32. The summed E-state index contributed by atoms with van der Waals surface area (Å²) in [6.45, 7) is 1.35. The van der Waals surface area contributed by atoms with Gasteiger partial charge in [0.2, 0.25) is 0 Å². The van der Waals surface area contributed by atoms with Gasteiger partial charge in [-0.3, -0.25) is 4.98 Å². The first-order valence-electron chi connectivity index (χ1n) is 3.64. The molecule has 1 nitrogen and oxygen atoms in total. The lowest BCUT2D eigenvalue weighted by Gasteiger charge is -2.11. The van der Waals surface area contributed by atoms with E-state index in [1.165, 1.54) is 6.92 Å². The van der Waals surface area contributed by atoms with E-state index in [1.54, 1.807) is 0 Å². The number of aromatic nitrogens is 1. The summed E-state index contributed by atoms with van der Waals surface area (Å²) < 4.78 is 60.9. The molecule has 0 radical (unpaired) electrons. The molecule has 1 aromatic heterocycles.